The fourth-order valence-corrected chi connectivity index (χ4v) is 4.84. The summed E-state index contributed by atoms with van der Waals surface area (Å²) < 4.78 is 25.5. The summed E-state index contributed by atoms with van der Waals surface area (Å²) in [5.74, 6) is -0.248. The Kier molecular flexibility index (Phi) is 6.39. The lowest BCUT2D eigenvalue weighted by Crippen LogP contribution is -2.12. The summed E-state index contributed by atoms with van der Waals surface area (Å²) >= 11 is 0. The van der Waals surface area contributed by atoms with E-state index in [-0.39, 0.29) is 10.8 Å². The van der Waals surface area contributed by atoms with Crippen molar-refractivity contribution in [3.63, 3.8) is 0 Å². The molecule has 0 atom stereocenters. The molecule has 0 aliphatic carbocycles. The molecule has 2 aromatic heterocycles. The number of carbonyl (C=O) groups excluding carboxylic acids is 1. The van der Waals surface area contributed by atoms with Crippen molar-refractivity contribution in [1.29, 1.82) is 0 Å². The van der Waals surface area contributed by atoms with Crippen LogP contribution in [0.3, 0.4) is 0 Å². The van der Waals surface area contributed by atoms with Crippen molar-refractivity contribution in [2.24, 2.45) is 0 Å². The van der Waals surface area contributed by atoms with Gasteiger partial charge in [0.25, 0.3) is 5.91 Å². The summed E-state index contributed by atoms with van der Waals surface area (Å²) in [6.07, 6.45) is 6.60. The second-order valence-corrected chi connectivity index (χ2v) is 10.5. The van der Waals surface area contributed by atoms with Crippen LogP contribution in [0.15, 0.2) is 78.1 Å². The van der Waals surface area contributed by atoms with Crippen LogP contribution in [0.5, 0.6) is 0 Å². The minimum absolute atomic E-state index is 0.210. The van der Waals surface area contributed by atoms with E-state index in [0.717, 1.165) is 39.8 Å². The van der Waals surface area contributed by atoms with E-state index >= 15 is 0 Å². The standard InChI is InChI=1S/C27H27N3O3S/c1-18-7-5-8-19(2)25(18)26-20(3)24(17-30(26)16-21-9-6-14-28-15-21)27(31)29-22-10-12-23(13-11-22)34(4,32)33/h5-15,17H,16H2,1-4H3,(H,29,31). The number of hydrogen-bond donors (Lipinski definition) is 1. The number of anilines is 1. The smallest absolute Gasteiger partial charge is 0.257 e. The third kappa shape index (κ3) is 4.79. The molecule has 4 aromatic rings. The number of hydrogen-bond acceptors (Lipinski definition) is 4. The number of sulfone groups is 1. The average Bonchev–Trinajstić information content (AvgIpc) is 3.10. The summed E-state index contributed by atoms with van der Waals surface area (Å²) in [6.45, 7) is 6.69. The van der Waals surface area contributed by atoms with Gasteiger partial charge in [0, 0.05) is 42.6 Å². The van der Waals surface area contributed by atoms with Gasteiger partial charge in [0.2, 0.25) is 0 Å². The predicted octanol–water partition coefficient (Wildman–Crippen LogP) is 5.18. The number of rotatable bonds is 6. The fourth-order valence-electron chi connectivity index (χ4n) is 4.21. The molecule has 4 rings (SSSR count). The lowest BCUT2D eigenvalue weighted by atomic mass is 9.96. The van der Waals surface area contributed by atoms with E-state index in [2.05, 4.69) is 40.8 Å². The van der Waals surface area contributed by atoms with Gasteiger partial charge in [-0.1, -0.05) is 24.3 Å². The lowest BCUT2D eigenvalue weighted by molar-refractivity contribution is 0.102. The molecule has 0 saturated carbocycles. The van der Waals surface area contributed by atoms with Gasteiger partial charge in [0.1, 0.15) is 0 Å². The summed E-state index contributed by atoms with van der Waals surface area (Å²) in [5, 5.41) is 2.90. The van der Waals surface area contributed by atoms with E-state index in [1.165, 1.54) is 12.1 Å². The molecule has 0 aliphatic rings. The Labute approximate surface area is 200 Å². The van der Waals surface area contributed by atoms with E-state index in [0.29, 0.717) is 17.8 Å². The van der Waals surface area contributed by atoms with Crippen molar-refractivity contribution in [3.05, 3.63) is 101 Å². The Morgan fingerprint density at radius 3 is 2.24 bits per heavy atom. The molecule has 0 aliphatic heterocycles. The van der Waals surface area contributed by atoms with Crippen LogP contribution in [0.4, 0.5) is 5.69 Å². The Morgan fingerprint density at radius 2 is 1.65 bits per heavy atom. The second-order valence-electron chi connectivity index (χ2n) is 8.52. The zero-order chi connectivity index (χ0) is 24.5. The summed E-state index contributed by atoms with van der Waals surface area (Å²) in [7, 11) is -3.30. The highest BCUT2D eigenvalue weighted by atomic mass is 32.2. The molecule has 2 heterocycles. The maximum Gasteiger partial charge on any atom is 0.257 e. The molecular formula is C27H27N3O3S. The van der Waals surface area contributed by atoms with Gasteiger partial charge in [-0.05, 0) is 73.4 Å². The van der Waals surface area contributed by atoms with Crippen LogP contribution in [0.1, 0.15) is 32.6 Å². The van der Waals surface area contributed by atoms with Crippen LogP contribution in [-0.4, -0.2) is 30.1 Å². The molecule has 2 aromatic carbocycles. The number of amides is 1. The molecule has 6 nitrogen and oxygen atoms in total. The minimum atomic E-state index is -3.30. The van der Waals surface area contributed by atoms with Crippen LogP contribution in [-0.2, 0) is 16.4 Å². The lowest BCUT2D eigenvalue weighted by Gasteiger charge is -2.15. The molecule has 0 unspecified atom stereocenters. The Bertz CT molecular complexity index is 1440. The molecule has 0 radical (unpaired) electrons. The van der Waals surface area contributed by atoms with E-state index in [4.69, 9.17) is 0 Å². The Hall–Kier alpha value is -3.71. The normalized spacial score (nSPS) is 11.4. The number of pyridine rings is 1. The maximum absolute atomic E-state index is 13.3. The van der Waals surface area contributed by atoms with Gasteiger partial charge >= 0.3 is 0 Å². The van der Waals surface area contributed by atoms with Crippen molar-refractivity contribution < 1.29 is 13.2 Å². The van der Waals surface area contributed by atoms with Gasteiger partial charge in [0.15, 0.2) is 9.84 Å². The van der Waals surface area contributed by atoms with Gasteiger partial charge < -0.3 is 9.88 Å². The highest BCUT2D eigenvalue weighted by Gasteiger charge is 2.22. The molecular weight excluding hydrogens is 446 g/mol. The number of nitrogens with zero attached hydrogens (tertiary/aromatic N) is 2. The van der Waals surface area contributed by atoms with Crippen molar-refractivity contribution >= 4 is 21.4 Å². The topological polar surface area (TPSA) is 81.1 Å². The minimum Gasteiger partial charge on any atom is -0.342 e. The molecule has 7 heteroatoms. The van der Waals surface area contributed by atoms with Crippen LogP contribution < -0.4 is 5.32 Å². The highest BCUT2D eigenvalue weighted by molar-refractivity contribution is 7.90. The summed E-state index contributed by atoms with van der Waals surface area (Å²) in [4.78, 5) is 17.7. The van der Waals surface area contributed by atoms with Crippen molar-refractivity contribution in [2.45, 2.75) is 32.2 Å². The molecule has 0 saturated heterocycles. The quantitative estimate of drug-likeness (QED) is 0.418. The molecule has 0 spiro atoms. The average molecular weight is 474 g/mol. The Morgan fingerprint density at radius 1 is 0.971 bits per heavy atom. The van der Waals surface area contributed by atoms with E-state index < -0.39 is 9.84 Å². The van der Waals surface area contributed by atoms with Crippen LogP contribution in [0, 0.1) is 20.8 Å². The zero-order valence-corrected chi connectivity index (χ0v) is 20.5. The number of aryl methyl sites for hydroxylation is 2. The summed E-state index contributed by atoms with van der Waals surface area (Å²) in [6, 6.07) is 16.3. The second kappa shape index (κ2) is 9.27. The van der Waals surface area contributed by atoms with Crippen molar-refractivity contribution in [3.8, 4) is 11.3 Å². The third-order valence-corrected chi connectivity index (χ3v) is 7.04. The molecule has 1 N–H and O–H groups in total. The van der Waals surface area contributed by atoms with Gasteiger partial charge in [-0.15, -0.1) is 0 Å². The SMILES string of the molecule is Cc1cccc(C)c1-c1c(C)c(C(=O)Nc2ccc(S(C)(=O)=O)cc2)cn1Cc1cccnc1. The first-order chi connectivity index (χ1) is 16.1. The van der Waals surface area contributed by atoms with Crippen molar-refractivity contribution in [2.75, 3.05) is 11.6 Å². The van der Waals surface area contributed by atoms with Crippen LogP contribution in [0.2, 0.25) is 0 Å². The number of benzene rings is 2. The molecule has 1 amide bonds. The monoisotopic (exact) mass is 473 g/mol. The van der Waals surface area contributed by atoms with Gasteiger partial charge in [-0.25, -0.2) is 8.42 Å². The third-order valence-electron chi connectivity index (χ3n) is 5.91. The number of nitrogens with one attached hydrogen (secondary N) is 1. The van der Waals surface area contributed by atoms with E-state index in [1.54, 1.807) is 18.3 Å². The fraction of sp³-hybridized carbons (Fsp3) is 0.185. The van der Waals surface area contributed by atoms with Gasteiger partial charge in [-0.2, -0.15) is 0 Å². The first-order valence-corrected chi connectivity index (χ1v) is 12.8. The largest absolute Gasteiger partial charge is 0.342 e. The number of aromatic nitrogens is 2. The molecule has 0 bridgehead atoms. The van der Waals surface area contributed by atoms with E-state index in [9.17, 15) is 13.2 Å². The van der Waals surface area contributed by atoms with Gasteiger partial charge in [-0.3, -0.25) is 9.78 Å². The molecule has 34 heavy (non-hydrogen) atoms. The van der Waals surface area contributed by atoms with Crippen LogP contribution >= 0.6 is 0 Å². The first-order valence-electron chi connectivity index (χ1n) is 10.9. The number of carbonyl (C=O) groups is 1. The molecule has 174 valence electrons. The predicted molar refractivity (Wildman–Crippen MR) is 135 cm³/mol. The summed E-state index contributed by atoms with van der Waals surface area (Å²) in [5.41, 5.74) is 7.39. The van der Waals surface area contributed by atoms with Gasteiger partial charge in [0.05, 0.1) is 16.2 Å². The highest BCUT2D eigenvalue weighted by Crippen LogP contribution is 2.34. The van der Waals surface area contributed by atoms with Crippen LogP contribution in [0.25, 0.3) is 11.3 Å². The van der Waals surface area contributed by atoms with Crippen molar-refractivity contribution in [1.82, 2.24) is 9.55 Å². The first kappa shape index (κ1) is 23.4. The molecule has 0 fully saturated rings. The van der Waals surface area contributed by atoms with E-state index in [1.807, 2.05) is 37.5 Å². The Balaban J connectivity index is 1.75. The zero-order valence-electron chi connectivity index (χ0n) is 19.7. The maximum atomic E-state index is 13.3.